The summed E-state index contributed by atoms with van der Waals surface area (Å²) < 4.78 is 10.9. The predicted octanol–water partition coefficient (Wildman–Crippen LogP) is 1.57. The van der Waals surface area contributed by atoms with E-state index in [0.717, 1.165) is 5.65 Å². The maximum Gasteiger partial charge on any atom is 0.338 e. The van der Waals surface area contributed by atoms with E-state index in [2.05, 4.69) is 19.4 Å². The van der Waals surface area contributed by atoms with Crippen LogP contribution in [0.1, 0.15) is 20.7 Å². The predicted molar refractivity (Wildman–Crippen MR) is 86.5 cm³/mol. The number of pyridine rings is 2. The number of nitrogens with two attached hydrogens (primary N) is 1. The van der Waals surface area contributed by atoms with E-state index in [4.69, 9.17) is 5.73 Å². The molecule has 124 valence electrons. The van der Waals surface area contributed by atoms with Gasteiger partial charge in [-0.2, -0.15) is 0 Å². The van der Waals surface area contributed by atoms with Gasteiger partial charge in [0.2, 0.25) is 0 Å². The molecule has 0 amide bonds. The quantitative estimate of drug-likeness (QED) is 0.711. The molecule has 0 saturated heterocycles. The smallest absolute Gasteiger partial charge is 0.338 e. The van der Waals surface area contributed by atoms with Gasteiger partial charge in [0, 0.05) is 24.8 Å². The average molecular weight is 328 g/mol. The van der Waals surface area contributed by atoms with Gasteiger partial charge in [0.25, 0.3) is 0 Å². The van der Waals surface area contributed by atoms with E-state index in [1.807, 2.05) is 10.6 Å². The second kappa shape index (κ2) is 7.73. The van der Waals surface area contributed by atoms with Crippen molar-refractivity contribution in [3.8, 4) is 0 Å². The van der Waals surface area contributed by atoms with Gasteiger partial charge in [-0.05, 0) is 24.3 Å². The number of imidazole rings is 1. The van der Waals surface area contributed by atoms with Crippen LogP contribution >= 0.6 is 0 Å². The summed E-state index contributed by atoms with van der Waals surface area (Å²) >= 11 is 0. The van der Waals surface area contributed by atoms with E-state index < -0.39 is 5.97 Å². The molecular weight excluding hydrogens is 312 g/mol. The number of anilines is 1. The lowest BCUT2D eigenvalue weighted by molar-refractivity contribution is 0.0592. The molecule has 0 spiro atoms. The van der Waals surface area contributed by atoms with Crippen molar-refractivity contribution in [1.82, 2.24) is 14.4 Å². The first-order valence-electron chi connectivity index (χ1n) is 6.86. The van der Waals surface area contributed by atoms with Crippen molar-refractivity contribution in [2.45, 2.75) is 0 Å². The molecule has 0 unspecified atom stereocenters. The van der Waals surface area contributed by atoms with Gasteiger partial charge < -0.3 is 19.6 Å². The van der Waals surface area contributed by atoms with Gasteiger partial charge in [0.15, 0.2) is 0 Å². The van der Waals surface area contributed by atoms with Crippen molar-refractivity contribution in [3.63, 3.8) is 0 Å². The Hall–Kier alpha value is -3.42. The molecule has 0 fully saturated rings. The minimum absolute atomic E-state index is 0.313. The molecule has 3 aromatic heterocycles. The summed E-state index contributed by atoms with van der Waals surface area (Å²) in [4.78, 5) is 29.8. The normalized spacial score (nSPS) is 9.75. The van der Waals surface area contributed by atoms with Crippen molar-refractivity contribution >= 4 is 23.4 Å². The largest absolute Gasteiger partial charge is 0.465 e. The second-order valence-electron chi connectivity index (χ2n) is 4.56. The van der Waals surface area contributed by atoms with Gasteiger partial charge in [0.05, 0.1) is 25.3 Å². The molecule has 24 heavy (non-hydrogen) atoms. The first-order valence-corrected chi connectivity index (χ1v) is 6.86. The first kappa shape index (κ1) is 16.9. The number of ether oxygens (including phenoxy) is 2. The minimum Gasteiger partial charge on any atom is -0.465 e. The Bertz CT molecular complexity index is 860. The highest BCUT2D eigenvalue weighted by Crippen LogP contribution is 2.06. The third-order valence-electron chi connectivity index (χ3n) is 3.02. The van der Waals surface area contributed by atoms with E-state index >= 15 is 0 Å². The van der Waals surface area contributed by atoms with Crippen LogP contribution in [0.4, 0.5) is 5.82 Å². The highest BCUT2D eigenvalue weighted by atomic mass is 16.5. The Labute approximate surface area is 137 Å². The molecule has 0 aromatic carbocycles. The zero-order valence-corrected chi connectivity index (χ0v) is 13.2. The van der Waals surface area contributed by atoms with Crippen LogP contribution in [0, 0.1) is 0 Å². The van der Waals surface area contributed by atoms with Crippen molar-refractivity contribution in [3.05, 3.63) is 60.2 Å². The number of aromatic nitrogens is 3. The van der Waals surface area contributed by atoms with Crippen LogP contribution in [0.3, 0.4) is 0 Å². The molecule has 0 saturated carbocycles. The molecule has 3 heterocycles. The summed E-state index contributed by atoms with van der Waals surface area (Å²) in [5.41, 5.74) is 7.00. The molecule has 0 aliphatic rings. The molecule has 8 heteroatoms. The van der Waals surface area contributed by atoms with Gasteiger partial charge in [-0.3, -0.25) is 0 Å². The zero-order valence-electron chi connectivity index (χ0n) is 13.2. The Morgan fingerprint density at radius 1 is 0.958 bits per heavy atom. The van der Waals surface area contributed by atoms with Crippen molar-refractivity contribution in [2.75, 3.05) is 20.0 Å². The number of nitrogen functional groups attached to an aromatic ring is 1. The highest BCUT2D eigenvalue weighted by molar-refractivity contribution is 5.90. The van der Waals surface area contributed by atoms with E-state index in [1.54, 1.807) is 30.6 Å². The number of hydrogen-bond donors (Lipinski definition) is 1. The Morgan fingerprint density at radius 3 is 2.25 bits per heavy atom. The summed E-state index contributed by atoms with van der Waals surface area (Å²) in [5, 5.41) is 0. The van der Waals surface area contributed by atoms with Crippen LogP contribution in [-0.2, 0) is 9.47 Å². The summed E-state index contributed by atoms with van der Waals surface area (Å²) in [5.74, 6) is -0.433. The molecule has 3 rings (SSSR count). The first-order chi connectivity index (χ1) is 11.5. The number of carbonyl (C=O) groups is 2. The van der Waals surface area contributed by atoms with Crippen LogP contribution in [-0.4, -0.2) is 40.5 Å². The molecule has 0 atom stereocenters. The van der Waals surface area contributed by atoms with E-state index in [-0.39, 0.29) is 5.97 Å². The Morgan fingerprint density at radius 2 is 1.62 bits per heavy atom. The molecule has 2 N–H and O–H groups in total. The van der Waals surface area contributed by atoms with Gasteiger partial charge in [0.1, 0.15) is 11.5 Å². The average Bonchev–Trinajstić information content (AvgIpc) is 3.08. The number of hydrogen-bond acceptors (Lipinski definition) is 7. The van der Waals surface area contributed by atoms with Gasteiger partial charge in [-0.15, -0.1) is 0 Å². The molecule has 0 bridgehead atoms. The molecule has 3 aromatic rings. The maximum atomic E-state index is 11.1. The van der Waals surface area contributed by atoms with Crippen LogP contribution < -0.4 is 5.73 Å². The van der Waals surface area contributed by atoms with E-state index in [0.29, 0.717) is 16.9 Å². The summed E-state index contributed by atoms with van der Waals surface area (Å²) in [7, 11) is 2.68. The van der Waals surface area contributed by atoms with Crippen molar-refractivity contribution < 1.29 is 19.1 Å². The lowest BCUT2D eigenvalue weighted by Gasteiger charge is -1.98. The van der Waals surface area contributed by atoms with Gasteiger partial charge in [-0.25, -0.2) is 19.6 Å². The number of esters is 2. The molecule has 0 aliphatic carbocycles. The van der Waals surface area contributed by atoms with E-state index in [1.165, 1.54) is 26.5 Å². The summed E-state index contributed by atoms with van der Waals surface area (Å²) in [6.07, 6.45) is 6.73. The van der Waals surface area contributed by atoms with Gasteiger partial charge in [-0.1, -0.05) is 0 Å². The van der Waals surface area contributed by atoms with Crippen LogP contribution in [0.2, 0.25) is 0 Å². The maximum absolute atomic E-state index is 11.1. The lowest BCUT2D eigenvalue weighted by Crippen LogP contribution is -2.02. The molecular formula is C16H16N4O4. The fourth-order valence-corrected chi connectivity index (χ4v) is 1.85. The topological polar surface area (TPSA) is 109 Å². The SMILES string of the molecule is COC(=O)c1ccn2ccnc2c1.COC(=O)c1ccnc(N)c1. The van der Waals surface area contributed by atoms with Crippen LogP contribution in [0.25, 0.3) is 5.65 Å². The van der Waals surface area contributed by atoms with Gasteiger partial charge >= 0.3 is 11.9 Å². The minimum atomic E-state index is -0.404. The number of nitrogens with zero attached hydrogens (tertiary/aromatic N) is 3. The Balaban J connectivity index is 0.000000177. The fraction of sp³-hybridized carbons (Fsp3) is 0.125. The number of fused-ring (bicyclic) bond motifs is 1. The Kier molecular flexibility index (Phi) is 5.45. The number of carbonyl (C=O) groups excluding carboxylic acids is 2. The molecule has 8 nitrogen and oxygen atoms in total. The second-order valence-corrected chi connectivity index (χ2v) is 4.56. The monoisotopic (exact) mass is 328 g/mol. The van der Waals surface area contributed by atoms with Crippen LogP contribution in [0.5, 0.6) is 0 Å². The summed E-state index contributed by atoms with van der Waals surface area (Å²) in [6.45, 7) is 0. The summed E-state index contributed by atoms with van der Waals surface area (Å²) in [6, 6.07) is 6.39. The van der Waals surface area contributed by atoms with Crippen molar-refractivity contribution in [1.29, 1.82) is 0 Å². The third kappa shape index (κ3) is 4.07. The van der Waals surface area contributed by atoms with Crippen LogP contribution in [0.15, 0.2) is 49.1 Å². The molecule has 0 radical (unpaired) electrons. The standard InChI is InChI=1S/C9H8N2O2.C7H8N2O2/c1-13-9(12)7-2-4-11-5-3-10-8(11)6-7;1-11-7(10)5-2-3-9-6(8)4-5/h2-6H,1H3;2-4H,1H3,(H2,8,9). The van der Waals surface area contributed by atoms with E-state index in [9.17, 15) is 9.59 Å². The third-order valence-corrected chi connectivity index (χ3v) is 3.02. The molecule has 0 aliphatic heterocycles. The number of methoxy groups -OCH3 is 2. The zero-order chi connectivity index (χ0) is 17.5. The lowest BCUT2D eigenvalue weighted by atomic mass is 10.3. The number of rotatable bonds is 2. The van der Waals surface area contributed by atoms with Crippen molar-refractivity contribution in [2.24, 2.45) is 0 Å². The fourth-order valence-electron chi connectivity index (χ4n) is 1.85. The highest BCUT2D eigenvalue weighted by Gasteiger charge is 2.05.